The lowest BCUT2D eigenvalue weighted by Crippen LogP contribution is -2.48. The minimum Gasteiger partial charge on any atom is -0.357 e. The van der Waals surface area contributed by atoms with Gasteiger partial charge in [0.2, 0.25) is 5.43 Å². The number of carbonyl (C=O) groups excluding carboxylic acids is 1. The van der Waals surface area contributed by atoms with Gasteiger partial charge in [-0.2, -0.15) is 5.10 Å². The van der Waals surface area contributed by atoms with E-state index in [0.717, 1.165) is 5.56 Å². The summed E-state index contributed by atoms with van der Waals surface area (Å²) in [4.78, 5) is 24.6. The number of nitrogens with zero attached hydrogens (tertiary/aromatic N) is 2. The van der Waals surface area contributed by atoms with Crippen molar-refractivity contribution in [3.63, 3.8) is 0 Å². The fraction of sp³-hybridized carbons (Fsp3) is 0.100. The van der Waals surface area contributed by atoms with Crippen molar-refractivity contribution in [2.24, 2.45) is 0 Å². The van der Waals surface area contributed by atoms with E-state index in [1.54, 1.807) is 13.0 Å². The van der Waals surface area contributed by atoms with Gasteiger partial charge in [-0.15, -0.1) is 0 Å². The molecule has 0 aliphatic carbocycles. The Labute approximate surface area is 171 Å². The van der Waals surface area contributed by atoms with Crippen LogP contribution < -0.4 is 21.6 Å². The highest BCUT2D eigenvalue weighted by atomic mass is 32.1. The third-order valence-corrected chi connectivity index (χ3v) is 4.24. The average Bonchev–Trinajstić information content (AvgIpc) is 2.72. The number of rotatable bonds is 4. The van der Waals surface area contributed by atoms with Gasteiger partial charge in [0.15, 0.2) is 10.8 Å². The van der Waals surface area contributed by atoms with E-state index in [4.69, 9.17) is 12.2 Å². The number of thiocarbonyl (C=S) groups is 1. The van der Waals surface area contributed by atoms with E-state index in [1.165, 1.54) is 28.9 Å². The number of hydrogen-bond acceptors (Lipinski definition) is 4. The maximum atomic E-state index is 14.1. The molecule has 1 amide bonds. The molecule has 0 fully saturated rings. The average molecular weight is 411 g/mol. The molecule has 148 valence electrons. The molecule has 0 atom stereocenters. The van der Waals surface area contributed by atoms with Crippen LogP contribution in [0.15, 0.2) is 65.5 Å². The quantitative estimate of drug-likeness (QED) is 0.450. The Morgan fingerprint density at radius 1 is 1.10 bits per heavy atom. The zero-order valence-electron chi connectivity index (χ0n) is 15.5. The topological polar surface area (TPSA) is 88.1 Å². The molecule has 7 nitrogen and oxygen atoms in total. The van der Waals surface area contributed by atoms with Crippen LogP contribution in [0.3, 0.4) is 0 Å². The van der Waals surface area contributed by atoms with Crippen LogP contribution in [-0.2, 0) is 6.54 Å². The van der Waals surface area contributed by atoms with Crippen LogP contribution in [0.5, 0.6) is 0 Å². The molecule has 0 aliphatic heterocycles. The van der Waals surface area contributed by atoms with Crippen molar-refractivity contribution < 1.29 is 9.18 Å². The normalized spacial score (nSPS) is 10.3. The third kappa shape index (κ3) is 5.02. The summed E-state index contributed by atoms with van der Waals surface area (Å²) in [5.41, 5.74) is 5.41. The first-order valence-corrected chi connectivity index (χ1v) is 9.10. The van der Waals surface area contributed by atoms with Gasteiger partial charge in [-0.25, -0.2) is 9.07 Å². The van der Waals surface area contributed by atoms with Crippen LogP contribution >= 0.6 is 12.2 Å². The van der Waals surface area contributed by atoms with Crippen LogP contribution in [0.1, 0.15) is 21.7 Å². The summed E-state index contributed by atoms with van der Waals surface area (Å²) in [6.45, 7) is 2.06. The van der Waals surface area contributed by atoms with Crippen molar-refractivity contribution in [2.45, 2.75) is 13.5 Å². The number of aryl methyl sites for hydroxylation is 1. The molecule has 3 aromatic rings. The summed E-state index contributed by atoms with van der Waals surface area (Å²) >= 11 is 5.10. The zero-order chi connectivity index (χ0) is 20.8. The van der Waals surface area contributed by atoms with Crippen molar-refractivity contribution in [2.75, 3.05) is 0 Å². The molecule has 9 heteroatoms. The molecule has 0 bridgehead atoms. The Morgan fingerprint density at radius 2 is 1.79 bits per heavy atom. The van der Waals surface area contributed by atoms with Gasteiger partial charge in [-0.1, -0.05) is 42.5 Å². The van der Waals surface area contributed by atoms with Crippen molar-refractivity contribution in [1.82, 2.24) is 25.9 Å². The van der Waals surface area contributed by atoms with Crippen LogP contribution in [-0.4, -0.2) is 20.8 Å². The highest BCUT2D eigenvalue weighted by Crippen LogP contribution is 2.13. The van der Waals surface area contributed by atoms with Gasteiger partial charge in [0.1, 0.15) is 11.5 Å². The molecule has 2 aromatic carbocycles. The smallest absolute Gasteiger partial charge is 0.294 e. The van der Waals surface area contributed by atoms with Crippen LogP contribution in [0, 0.1) is 12.7 Å². The Balaban J connectivity index is 1.69. The molecule has 1 aromatic heterocycles. The second-order valence-electron chi connectivity index (χ2n) is 6.11. The summed E-state index contributed by atoms with van der Waals surface area (Å²) in [5, 5.41) is 7.12. The lowest BCUT2D eigenvalue weighted by molar-refractivity contribution is 0.0935. The monoisotopic (exact) mass is 411 g/mol. The van der Waals surface area contributed by atoms with Gasteiger partial charge >= 0.3 is 0 Å². The molecule has 29 heavy (non-hydrogen) atoms. The zero-order valence-corrected chi connectivity index (χ0v) is 16.3. The molecule has 0 aliphatic rings. The van der Waals surface area contributed by atoms with Gasteiger partial charge < -0.3 is 5.32 Å². The van der Waals surface area contributed by atoms with Gasteiger partial charge in [0.25, 0.3) is 5.91 Å². The summed E-state index contributed by atoms with van der Waals surface area (Å²) in [6.07, 6.45) is 0. The molecule has 0 saturated heterocycles. The van der Waals surface area contributed by atoms with Gasteiger partial charge in [0.05, 0.1) is 0 Å². The van der Waals surface area contributed by atoms with Gasteiger partial charge in [-0.3, -0.25) is 20.4 Å². The van der Waals surface area contributed by atoms with Crippen LogP contribution in [0.25, 0.3) is 5.69 Å². The fourth-order valence-electron chi connectivity index (χ4n) is 2.57. The summed E-state index contributed by atoms with van der Waals surface area (Å²) in [5.74, 6) is -1.31. The highest BCUT2D eigenvalue weighted by molar-refractivity contribution is 7.80. The molecular weight excluding hydrogens is 393 g/mol. The Morgan fingerprint density at radius 3 is 2.52 bits per heavy atom. The maximum Gasteiger partial charge on any atom is 0.294 e. The van der Waals surface area contributed by atoms with E-state index in [-0.39, 0.29) is 10.8 Å². The van der Waals surface area contributed by atoms with Crippen LogP contribution in [0.2, 0.25) is 0 Å². The summed E-state index contributed by atoms with van der Waals surface area (Å²) in [6, 6.07) is 16.7. The predicted octanol–water partition coefficient (Wildman–Crippen LogP) is 1.99. The molecule has 0 saturated carbocycles. The summed E-state index contributed by atoms with van der Waals surface area (Å²) < 4.78 is 15.3. The Bertz CT molecular complexity index is 1100. The number of halogens is 1. The molecule has 0 unspecified atom stereocenters. The maximum absolute atomic E-state index is 14.1. The van der Waals surface area contributed by atoms with E-state index in [1.807, 2.05) is 30.3 Å². The molecule has 3 rings (SSSR count). The molecule has 1 heterocycles. The van der Waals surface area contributed by atoms with Crippen molar-refractivity contribution in [1.29, 1.82) is 0 Å². The number of aromatic nitrogens is 2. The molecule has 0 radical (unpaired) electrons. The lowest BCUT2D eigenvalue weighted by Gasteiger charge is -2.13. The van der Waals surface area contributed by atoms with E-state index in [2.05, 4.69) is 21.3 Å². The van der Waals surface area contributed by atoms with Crippen molar-refractivity contribution >= 4 is 23.2 Å². The standard InChI is InChI=1S/C20H18FN5O2S/c1-13-11-17(27)18(25-26(13)16-10-6-5-9-15(16)21)19(28)23-24-20(29)22-12-14-7-3-2-4-8-14/h2-11H,12H2,1H3,(H,23,28)(H2,22,24,29). The van der Waals surface area contributed by atoms with Gasteiger partial charge in [-0.05, 0) is 36.8 Å². The predicted molar refractivity (Wildman–Crippen MR) is 111 cm³/mol. The number of hydrogen-bond donors (Lipinski definition) is 3. The number of para-hydroxylation sites is 1. The van der Waals surface area contributed by atoms with Crippen LogP contribution in [0.4, 0.5) is 4.39 Å². The molecular formula is C20H18FN5O2S. The second-order valence-corrected chi connectivity index (χ2v) is 6.52. The fourth-order valence-corrected chi connectivity index (χ4v) is 2.69. The number of hydrazine groups is 1. The van der Waals surface area contributed by atoms with Crippen molar-refractivity contribution in [3.05, 3.63) is 93.7 Å². The molecule has 3 N–H and O–H groups in total. The van der Waals surface area contributed by atoms with Gasteiger partial charge in [0, 0.05) is 18.3 Å². The highest BCUT2D eigenvalue weighted by Gasteiger charge is 2.16. The van der Waals surface area contributed by atoms with E-state index >= 15 is 0 Å². The van der Waals surface area contributed by atoms with E-state index in [9.17, 15) is 14.0 Å². The Kier molecular flexibility index (Phi) is 6.30. The molecule has 0 spiro atoms. The number of nitrogens with one attached hydrogen (secondary N) is 3. The van der Waals surface area contributed by atoms with E-state index in [0.29, 0.717) is 12.2 Å². The number of amides is 1. The lowest BCUT2D eigenvalue weighted by atomic mass is 10.2. The largest absolute Gasteiger partial charge is 0.357 e. The van der Waals surface area contributed by atoms with E-state index < -0.39 is 22.8 Å². The Hall–Kier alpha value is -3.59. The minimum atomic E-state index is -0.788. The van der Waals surface area contributed by atoms with Crippen molar-refractivity contribution in [3.8, 4) is 5.69 Å². The third-order valence-electron chi connectivity index (χ3n) is 3.99. The first-order valence-electron chi connectivity index (χ1n) is 8.69. The minimum absolute atomic E-state index is 0.132. The second kappa shape index (κ2) is 9.07. The number of carbonyl (C=O) groups is 1. The first-order chi connectivity index (χ1) is 14.0. The first kappa shape index (κ1) is 20.2. The number of benzene rings is 2. The SMILES string of the molecule is Cc1cc(=O)c(C(=O)NNC(=S)NCc2ccccc2)nn1-c1ccccc1F. The summed E-state index contributed by atoms with van der Waals surface area (Å²) in [7, 11) is 0.